The van der Waals surface area contributed by atoms with Crippen LogP contribution in [0.2, 0.25) is 5.02 Å². The van der Waals surface area contributed by atoms with E-state index in [9.17, 15) is 10.1 Å². The topological polar surface area (TPSA) is 58.7 Å². The molecule has 5 nitrogen and oxygen atoms in total. The molecule has 0 saturated carbocycles. The van der Waals surface area contributed by atoms with Gasteiger partial charge in [-0.15, -0.1) is 0 Å². The number of nitro groups is 1. The van der Waals surface area contributed by atoms with Crippen LogP contribution in [0.1, 0.15) is 44.4 Å². The van der Waals surface area contributed by atoms with E-state index in [2.05, 4.69) is 43.7 Å². The Morgan fingerprint density at radius 2 is 1.96 bits per heavy atom. The summed E-state index contributed by atoms with van der Waals surface area (Å²) in [6, 6.07) is 8.96. The molecule has 0 aliphatic carbocycles. The summed E-state index contributed by atoms with van der Waals surface area (Å²) >= 11 is 6.55. The van der Waals surface area contributed by atoms with Gasteiger partial charge in [0.2, 0.25) is 0 Å². The molecule has 146 valence electrons. The fraction of sp³-hybridized carbons (Fsp3) is 0.318. The predicted molar refractivity (Wildman–Crippen MR) is 117 cm³/mol. The maximum absolute atomic E-state index is 11.1. The molecule has 6 heteroatoms. The van der Waals surface area contributed by atoms with Crippen molar-refractivity contribution in [3.05, 3.63) is 68.2 Å². The number of nitro benzene ring substituents is 1. The summed E-state index contributed by atoms with van der Waals surface area (Å²) in [6.07, 6.45) is 3.93. The van der Waals surface area contributed by atoms with Crippen LogP contribution in [0.4, 0.5) is 17.1 Å². The maximum atomic E-state index is 11.1. The molecule has 28 heavy (non-hydrogen) atoms. The molecule has 0 N–H and O–H groups in total. The Hall–Kier alpha value is -2.66. The zero-order valence-electron chi connectivity index (χ0n) is 16.8. The Morgan fingerprint density at radius 3 is 2.61 bits per heavy atom. The van der Waals surface area contributed by atoms with E-state index in [-0.39, 0.29) is 11.2 Å². The molecule has 2 aromatic carbocycles. The van der Waals surface area contributed by atoms with E-state index in [1.54, 1.807) is 25.3 Å². The molecule has 1 aliphatic rings. The number of likely N-dealkylation sites (N-methyl/N-ethyl adjacent to an activating group) is 1. The van der Waals surface area contributed by atoms with Crippen molar-refractivity contribution in [3.8, 4) is 0 Å². The number of hydrogen-bond acceptors (Lipinski definition) is 4. The summed E-state index contributed by atoms with van der Waals surface area (Å²) in [5.41, 5.74) is 5.34. The lowest BCUT2D eigenvalue weighted by molar-refractivity contribution is -0.385. The first-order valence-corrected chi connectivity index (χ1v) is 9.62. The quantitative estimate of drug-likeness (QED) is 0.344. The van der Waals surface area contributed by atoms with E-state index >= 15 is 0 Å². The molecule has 2 aromatic rings. The molecule has 0 spiro atoms. The molecular weight excluding hydrogens is 374 g/mol. The van der Waals surface area contributed by atoms with Gasteiger partial charge in [-0.3, -0.25) is 15.1 Å². The van der Waals surface area contributed by atoms with Crippen LogP contribution in [-0.4, -0.2) is 23.2 Å². The third-order valence-corrected chi connectivity index (χ3v) is 5.48. The summed E-state index contributed by atoms with van der Waals surface area (Å²) in [6.45, 7) is 11.2. The van der Waals surface area contributed by atoms with Gasteiger partial charge >= 0.3 is 0 Å². The zero-order chi connectivity index (χ0) is 20.6. The van der Waals surface area contributed by atoms with Crippen molar-refractivity contribution in [3.63, 3.8) is 0 Å². The van der Waals surface area contributed by atoms with Gasteiger partial charge < -0.3 is 4.90 Å². The van der Waals surface area contributed by atoms with E-state index in [1.165, 1.54) is 11.6 Å². The van der Waals surface area contributed by atoms with Gasteiger partial charge in [-0.05, 0) is 58.4 Å². The molecule has 0 aromatic heterocycles. The Balaban J connectivity index is 2.02. The Labute approximate surface area is 170 Å². The second-order valence-electron chi connectivity index (χ2n) is 7.60. The third kappa shape index (κ3) is 3.67. The van der Waals surface area contributed by atoms with E-state index in [4.69, 9.17) is 11.6 Å². The van der Waals surface area contributed by atoms with Gasteiger partial charge in [0.25, 0.3) is 5.69 Å². The normalized spacial score (nSPS) is 15.5. The summed E-state index contributed by atoms with van der Waals surface area (Å²) in [5.74, 6) is 0. The van der Waals surface area contributed by atoms with Crippen LogP contribution in [0.5, 0.6) is 0 Å². The number of anilines is 1. The van der Waals surface area contributed by atoms with Gasteiger partial charge in [0, 0.05) is 41.2 Å². The molecule has 0 fully saturated rings. The Bertz CT molecular complexity index is 1010. The van der Waals surface area contributed by atoms with Crippen LogP contribution < -0.4 is 4.90 Å². The van der Waals surface area contributed by atoms with Crippen LogP contribution in [0, 0.1) is 17.0 Å². The number of halogens is 1. The van der Waals surface area contributed by atoms with Crippen molar-refractivity contribution in [1.29, 1.82) is 0 Å². The summed E-state index contributed by atoms with van der Waals surface area (Å²) < 4.78 is 0. The summed E-state index contributed by atoms with van der Waals surface area (Å²) in [4.78, 5) is 17.5. The molecule has 0 unspecified atom stereocenters. The van der Waals surface area contributed by atoms with Crippen molar-refractivity contribution >= 4 is 40.5 Å². The van der Waals surface area contributed by atoms with E-state index < -0.39 is 4.92 Å². The minimum Gasteiger partial charge on any atom is -0.363 e. The molecule has 0 radical (unpaired) electrons. The van der Waals surface area contributed by atoms with Gasteiger partial charge in [-0.25, -0.2) is 0 Å². The summed E-state index contributed by atoms with van der Waals surface area (Å²) in [5, 5.41) is 11.7. The van der Waals surface area contributed by atoms with Gasteiger partial charge in [-0.1, -0.05) is 23.7 Å². The predicted octanol–water partition coefficient (Wildman–Crippen LogP) is 6.33. The van der Waals surface area contributed by atoms with Gasteiger partial charge in [0.05, 0.1) is 21.2 Å². The minimum absolute atomic E-state index is 0.0609. The maximum Gasteiger partial charge on any atom is 0.274 e. The van der Waals surface area contributed by atoms with Crippen LogP contribution in [0.25, 0.3) is 5.57 Å². The number of fused-ring (bicyclic) bond motifs is 1. The molecule has 0 atom stereocenters. The summed E-state index contributed by atoms with van der Waals surface area (Å²) in [7, 11) is 0. The second-order valence-corrected chi connectivity index (χ2v) is 8.01. The highest BCUT2D eigenvalue weighted by Crippen LogP contribution is 2.41. The van der Waals surface area contributed by atoms with Crippen molar-refractivity contribution in [2.75, 3.05) is 11.4 Å². The fourth-order valence-corrected chi connectivity index (χ4v) is 4.02. The van der Waals surface area contributed by atoms with Gasteiger partial charge in [-0.2, -0.15) is 0 Å². The molecule has 0 amide bonds. The number of hydrogen-bond donors (Lipinski definition) is 0. The largest absolute Gasteiger partial charge is 0.363 e. The number of nitrogens with zero attached hydrogens (tertiary/aromatic N) is 3. The van der Waals surface area contributed by atoms with Crippen molar-refractivity contribution in [1.82, 2.24) is 0 Å². The average Bonchev–Trinajstić information content (AvgIpc) is 2.60. The second kappa shape index (κ2) is 7.40. The van der Waals surface area contributed by atoms with E-state index in [1.807, 2.05) is 12.1 Å². The van der Waals surface area contributed by atoms with E-state index in [0.29, 0.717) is 16.3 Å². The number of rotatable bonds is 4. The standard InChI is InChI=1S/C22H24ClN3O2/c1-6-25-21-11-19(23)16(9-18(21)15(3)12-22(25,4)5)13-24-17-8-7-14(2)20(10-17)26(27)28/h7-13H,6H2,1-5H3. The zero-order valence-corrected chi connectivity index (χ0v) is 17.5. The molecule has 3 rings (SSSR count). The van der Waals surface area contributed by atoms with Crippen molar-refractivity contribution in [2.24, 2.45) is 4.99 Å². The highest BCUT2D eigenvalue weighted by Gasteiger charge is 2.30. The highest BCUT2D eigenvalue weighted by atomic mass is 35.5. The average molecular weight is 398 g/mol. The number of benzene rings is 2. The lowest BCUT2D eigenvalue weighted by Crippen LogP contribution is -2.44. The Morgan fingerprint density at radius 1 is 1.25 bits per heavy atom. The monoisotopic (exact) mass is 397 g/mol. The number of allylic oxidation sites excluding steroid dienone is 1. The fourth-order valence-electron chi connectivity index (χ4n) is 3.81. The Kier molecular flexibility index (Phi) is 5.31. The molecular formula is C22H24ClN3O2. The van der Waals surface area contributed by atoms with Crippen LogP contribution in [0.3, 0.4) is 0 Å². The first-order chi connectivity index (χ1) is 13.1. The third-order valence-electron chi connectivity index (χ3n) is 5.15. The highest BCUT2D eigenvalue weighted by molar-refractivity contribution is 6.33. The van der Waals surface area contributed by atoms with Gasteiger partial charge in [0.1, 0.15) is 0 Å². The molecule has 0 bridgehead atoms. The van der Waals surface area contributed by atoms with Gasteiger partial charge in [0.15, 0.2) is 0 Å². The van der Waals surface area contributed by atoms with E-state index in [0.717, 1.165) is 23.4 Å². The lowest BCUT2D eigenvalue weighted by atomic mass is 9.88. The SMILES string of the molecule is CCN1c2cc(Cl)c(C=Nc3ccc(C)c([N+](=O)[O-])c3)cc2C(C)=CC1(C)C. The number of aryl methyl sites for hydroxylation is 1. The molecule has 1 heterocycles. The minimum atomic E-state index is -0.393. The van der Waals surface area contributed by atoms with Crippen LogP contribution in [-0.2, 0) is 0 Å². The number of aliphatic imine (C=N–C) groups is 1. The first kappa shape index (κ1) is 20.1. The lowest BCUT2D eigenvalue weighted by Gasteiger charge is -2.43. The first-order valence-electron chi connectivity index (χ1n) is 9.24. The molecule has 0 saturated heterocycles. The smallest absolute Gasteiger partial charge is 0.274 e. The van der Waals surface area contributed by atoms with Crippen molar-refractivity contribution in [2.45, 2.75) is 40.2 Å². The van der Waals surface area contributed by atoms with Crippen LogP contribution >= 0.6 is 11.6 Å². The van der Waals surface area contributed by atoms with Crippen molar-refractivity contribution < 1.29 is 4.92 Å². The molecule has 1 aliphatic heterocycles. The van der Waals surface area contributed by atoms with Crippen LogP contribution in [0.15, 0.2) is 41.4 Å².